The molecule has 2 saturated heterocycles. The van der Waals surface area contributed by atoms with E-state index >= 15 is 0 Å². The van der Waals surface area contributed by atoms with E-state index in [0.717, 1.165) is 12.1 Å². The molecule has 0 N–H and O–H groups in total. The van der Waals surface area contributed by atoms with Gasteiger partial charge in [0.15, 0.2) is 0 Å². The minimum Gasteiger partial charge on any atom is -0.300 e. The second-order valence-electron chi connectivity index (χ2n) is 5.95. The highest BCUT2D eigenvalue weighted by Crippen LogP contribution is 2.30. The minimum absolute atomic E-state index is 0.946. The molecule has 3 fully saturated rings. The summed E-state index contributed by atoms with van der Waals surface area (Å²) in [6, 6.07) is 1.89. The largest absolute Gasteiger partial charge is 0.300 e. The lowest BCUT2D eigenvalue weighted by Gasteiger charge is -2.38. The maximum absolute atomic E-state index is 2.76. The Bertz CT molecular complexity index is 185. The lowest BCUT2D eigenvalue weighted by Crippen LogP contribution is -2.42. The van der Waals surface area contributed by atoms with Gasteiger partial charge >= 0.3 is 0 Å². The van der Waals surface area contributed by atoms with Crippen LogP contribution < -0.4 is 0 Å². The summed E-state index contributed by atoms with van der Waals surface area (Å²) in [5.41, 5.74) is 0. The Balaban J connectivity index is 1.47. The molecule has 0 atom stereocenters. The van der Waals surface area contributed by atoms with E-state index in [1.54, 1.807) is 0 Å². The van der Waals surface area contributed by atoms with Gasteiger partial charge in [-0.25, -0.2) is 0 Å². The van der Waals surface area contributed by atoms with E-state index in [1.165, 1.54) is 77.5 Å². The first-order chi connectivity index (χ1) is 7.93. The van der Waals surface area contributed by atoms with E-state index in [1.807, 2.05) is 0 Å². The summed E-state index contributed by atoms with van der Waals surface area (Å²) in [5, 5.41) is 0. The summed E-state index contributed by atoms with van der Waals surface area (Å²) in [7, 11) is 0. The first kappa shape index (κ1) is 11.0. The molecule has 3 rings (SSSR count). The molecule has 0 radical (unpaired) electrons. The zero-order valence-electron chi connectivity index (χ0n) is 10.5. The van der Waals surface area contributed by atoms with Crippen LogP contribution in [-0.2, 0) is 0 Å². The third-order valence-corrected chi connectivity index (χ3v) is 4.98. The van der Waals surface area contributed by atoms with Crippen LogP contribution in [0.25, 0.3) is 0 Å². The van der Waals surface area contributed by atoms with E-state index < -0.39 is 0 Å². The second-order valence-corrected chi connectivity index (χ2v) is 5.95. The molecular formula is C14H26N2. The molecule has 0 aromatic carbocycles. The number of nitrogens with zero attached hydrogens (tertiary/aromatic N) is 2. The van der Waals surface area contributed by atoms with Crippen molar-refractivity contribution < 1.29 is 0 Å². The molecule has 1 aliphatic carbocycles. The van der Waals surface area contributed by atoms with Crippen LogP contribution in [0.15, 0.2) is 0 Å². The van der Waals surface area contributed by atoms with Crippen LogP contribution in [0.2, 0.25) is 0 Å². The van der Waals surface area contributed by atoms with Gasteiger partial charge in [0.25, 0.3) is 0 Å². The van der Waals surface area contributed by atoms with Crippen molar-refractivity contribution >= 4 is 0 Å². The maximum Gasteiger partial charge on any atom is 0.00964 e. The Morgan fingerprint density at radius 1 is 0.500 bits per heavy atom. The van der Waals surface area contributed by atoms with Crippen molar-refractivity contribution in [2.24, 2.45) is 0 Å². The first-order valence-electron chi connectivity index (χ1n) is 7.41. The smallest absolute Gasteiger partial charge is 0.00964 e. The first-order valence-corrected chi connectivity index (χ1v) is 7.41. The number of hydrogen-bond donors (Lipinski definition) is 0. The van der Waals surface area contributed by atoms with Gasteiger partial charge in [-0.05, 0) is 77.5 Å². The van der Waals surface area contributed by atoms with Crippen molar-refractivity contribution in [3.8, 4) is 0 Å². The van der Waals surface area contributed by atoms with E-state index in [-0.39, 0.29) is 0 Å². The van der Waals surface area contributed by atoms with Crippen LogP contribution in [0, 0.1) is 0 Å². The van der Waals surface area contributed by atoms with Gasteiger partial charge in [0.2, 0.25) is 0 Å². The van der Waals surface area contributed by atoms with Gasteiger partial charge in [-0.3, -0.25) is 0 Å². The highest BCUT2D eigenvalue weighted by molar-refractivity contribution is 4.87. The molecule has 1 saturated carbocycles. The van der Waals surface area contributed by atoms with Gasteiger partial charge in [-0.15, -0.1) is 0 Å². The predicted octanol–water partition coefficient (Wildman–Crippen LogP) is 2.49. The Labute approximate surface area is 100.0 Å². The number of hydrogen-bond acceptors (Lipinski definition) is 2. The van der Waals surface area contributed by atoms with Gasteiger partial charge in [0.1, 0.15) is 0 Å². The van der Waals surface area contributed by atoms with Crippen molar-refractivity contribution in [3.05, 3.63) is 0 Å². The van der Waals surface area contributed by atoms with Crippen LogP contribution >= 0.6 is 0 Å². The van der Waals surface area contributed by atoms with Crippen molar-refractivity contribution in [3.63, 3.8) is 0 Å². The average Bonchev–Trinajstić information content (AvgIpc) is 3.03. The topological polar surface area (TPSA) is 6.48 Å². The normalized spacial score (nSPS) is 38.2. The Morgan fingerprint density at radius 2 is 0.812 bits per heavy atom. The molecule has 2 nitrogen and oxygen atoms in total. The molecule has 0 aromatic heterocycles. The summed E-state index contributed by atoms with van der Waals surface area (Å²) in [5.74, 6) is 0. The summed E-state index contributed by atoms with van der Waals surface area (Å²) in [4.78, 5) is 5.53. The molecule has 92 valence electrons. The number of rotatable bonds is 2. The zero-order chi connectivity index (χ0) is 10.8. The molecule has 16 heavy (non-hydrogen) atoms. The molecule has 0 bridgehead atoms. The van der Waals surface area contributed by atoms with Crippen LogP contribution in [0.4, 0.5) is 0 Å². The standard InChI is InChI=1S/C14H26N2/c1-2-10-15(9-1)13-5-7-14(8-6-13)16-11-3-4-12-16/h13-14H,1-12H2/t13-,14-. The van der Waals surface area contributed by atoms with Crippen LogP contribution in [0.1, 0.15) is 51.4 Å². The fourth-order valence-corrected chi connectivity index (χ4v) is 4.00. The molecule has 0 spiro atoms. The lowest BCUT2D eigenvalue weighted by molar-refractivity contribution is 0.123. The highest BCUT2D eigenvalue weighted by Gasteiger charge is 2.30. The van der Waals surface area contributed by atoms with Crippen molar-refractivity contribution in [2.45, 2.75) is 63.5 Å². The van der Waals surface area contributed by atoms with Gasteiger partial charge < -0.3 is 9.80 Å². The zero-order valence-corrected chi connectivity index (χ0v) is 10.5. The molecule has 3 aliphatic rings. The maximum atomic E-state index is 2.76. The van der Waals surface area contributed by atoms with Gasteiger partial charge in [-0.2, -0.15) is 0 Å². The third-order valence-electron chi connectivity index (χ3n) is 4.98. The quantitative estimate of drug-likeness (QED) is 0.708. The summed E-state index contributed by atoms with van der Waals surface area (Å²) < 4.78 is 0. The summed E-state index contributed by atoms with van der Waals surface area (Å²) >= 11 is 0. The van der Waals surface area contributed by atoms with Crippen molar-refractivity contribution in [2.75, 3.05) is 26.2 Å². The van der Waals surface area contributed by atoms with E-state index in [2.05, 4.69) is 9.80 Å². The van der Waals surface area contributed by atoms with E-state index in [4.69, 9.17) is 0 Å². The van der Waals surface area contributed by atoms with Crippen LogP contribution in [0.3, 0.4) is 0 Å². The molecule has 0 aromatic rings. The van der Waals surface area contributed by atoms with E-state index in [0.29, 0.717) is 0 Å². The molecule has 0 unspecified atom stereocenters. The molecule has 0 amide bonds. The SMILES string of the molecule is C1CCN([C@H]2CC[C@H](N3CCCC3)CC2)C1. The molecular weight excluding hydrogens is 196 g/mol. The van der Waals surface area contributed by atoms with Crippen molar-refractivity contribution in [1.29, 1.82) is 0 Å². The average molecular weight is 222 g/mol. The highest BCUT2D eigenvalue weighted by atomic mass is 15.2. The Hall–Kier alpha value is -0.0800. The number of likely N-dealkylation sites (tertiary alicyclic amines) is 2. The Kier molecular flexibility index (Phi) is 3.49. The molecule has 2 aliphatic heterocycles. The lowest BCUT2D eigenvalue weighted by atomic mass is 9.89. The van der Waals surface area contributed by atoms with Crippen molar-refractivity contribution in [1.82, 2.24) is 9.80 Å². The van der Waals surface area contributed by atoms with Crippen LogP contribution in [0.5, 0.6) is 0 Å². The predicted molar refractivity (Wildman–Crippen MR) is 67.7 cm³/mol. The summed E-state index contributed by atoms with van der Waals surface area (Å²) in [6.45, 7) is 5.55. The fourth-order valence-electron chi connectivity index (χ4n) is 4.00. The van der Waals surface area contributed by atoms with Gasteiger partial charge in [0.05, 0.1) is 0 Å². The van der Waals surface area contributed by atoms with Crippen LogP contribution in [-0.4, -0.2) is 48.1 Å². The van der Waals surface area contributed by atoms with Gasteiger partial charge in [0, 0.05) is 12.1 Å². The van der Waals surface area contributed by atoms with Gasteiger partial charge in [-0.1, -0.05) is 0 Å². The molecule has 2 heteroatoms. The molecule has 2 heterocycles. The second kappa shape index (κ2) is 5.05. The van der Waals surface area contributed by atoms with E-state index in [9.17, 15) is 0 Å². The third kappa shape index (κ3) is 2.28. The Morgan fingerprint density at radius 3 is 1.12 bits per heavy atom. The minimum atomic E-state index is 0.946. The monoisotopic (exact) mass is 222 g/mol. The summed E-state index contributed by atoms with van der Waals surface area (Å²) in [6.07, 6.45) is 11.7. The fraction of sp³-hybridized carbons (Fsp3) is 1.00.